The van der Waals surface area contributed by atoms with Crippen molar-refractivity contribution in [3.8, 4) is 0 Å². The van der Waals surface area contributed by atoms with Crippen molar-refractivity contribution in [2.24, 2.45) is 0 Å². The average Bonchev–Trinajstić information content (AvgIpc) is 3.29. The monoisotopic (exact) mass is 768 g/mol. The molecule has 11 rings (SSSR count). The number of fused-ring (bicyclic) bond motifs is 8. The molecule has 4 aliphatic carbocycles. The molecule has 0 heterocycles. The Balaban J connectivity index is 0.000000110. The lowest BCUT2D eigenvalue weighted by Crippen LogP contribution is -2.20. The van der Waals surface area contributed by atoms with Gasteiger partial charge in [0.2, 0.25) is 11.6 Å². The third-order valence-corrected chi connectivity index (χ3v) is 10.4. The molecule has 0 N–H and O–H groups in total. The maximum absolute atomic E-state index is 12.1. The first-order valence-corrected chi connectivity index (χ1v) is 18.8. The van der Waals surface area contributed by atoms with Gasteiger partial charge in [0.25, 0.3) is 0 Å². The fourth-order valence-electron chi connectivity index (χ4n) is 7.47. The average molecular weight is 769 g/mol. The van der Waals surface area contributed by atoms with E-state index >= 15 is 0 Å². The van der Waals surface area contributed by atoms with E-state index in [1.165, 1.54) is 18.2 Å². The fraction of sp³-hybridized carbons (Fsp3) is 0.0192. The van der Waals surface area contributed by atoms with Crippen LogP contribution in [0.5, 0.6) is 0 Å². The number of hydrogen-bond acceptors (Lipinski definition) is 7. The quantitative estimate of drug-likeness (QED) is 0.141. The number of allylic oxidation sites excluding steroid dienone is 3. The SMILES string of the molecule is O=C1C=CC(=O)c2ccccc21.O=C1C=Cc2c(ccc3ccccc23)C1=O.O=C1c2ccccc2C(=O)c2ccccc21.O=C1c2ccccc2Cc2ccccc21. The van der Waals surface area contributed by atoms with Crippen LogP contribution in [-0.2, 0) is 11.2 Å². The normalized spacial score (nSPS) is 13.8. The van der Waals surface area contributed by atoms with Gasteiger partial charge in [-0.05, 0) is 64.3 Å². The summed E-state index contributed by atoms with van der Waals surface area (Å²) in [6.07, 6.45) is 6.56. The van der Waals surface area contributed by atoms with Crippen LogP contribution >= 0.6 is 0 Å². The van der Waals surface area contributed by atoms with E-state index in [2.05, 4.69) is 0 Å². The van der Waals surface area contributed by atoms with Gasteiger partial charge in [-0.15, -0.1) is 0 Å². The summed E-state index contributed by atoms with van der Waals surface area (Å²) in [5.41, 5.74) is 8.38. The smallest absolute Gasteiger partial charge is 0.233 e. The lowest BCUT2D eigenvalue weighted by Gasteiger charge is -2.17. The van der Waals surface area contributed by atoms with Crippen molar-refractivity contribution in [1.29, 1.82) is 0 Å². The molecular formula is C52H32O7. The van der Waals surface area contributed by atoms with E-state index in [1.54, 1.807) is 84.9 Å². The molecule has 0 saturated heterocycles. The summed E-state index contributed by atoms with van der Waals surface area (Å²) < 4.78 is 0. The molecule has 59 heavy (non-hydrogen) atoms. The summed E-state index contributed by atoms with van der Waals surface area (Å²) in [6.45, 7) is 0. The fourth-order valence-corrected chi connectivity index (χ4v) is 7.47. The Morgan fingerprint density at radius 3 is 1.14 bits per heavy atom. The van der Waals surface area contributed by atoms with Gasteiger partial charge < -0.3 is 0 Å². The van der Waals surface area contributed by atoms with Crippen LogP contribution in [0.3, 0.4) is 0 Å². The minimum atomic E-state index is -0.442. The highest BCUT2D eigenvalue weighted by Gasteiger charge is 2.28. The number of rotatable bonds is 0. The van der Waals surface area contributed by atoms with Crippen LogP contribution in [0.2, 0.25) is 0 Å². The number of carbonyl (C=O) groups excluding carboxylic acids is 7. The molecule has 7 nitrogen and oxygen atoms in total. The molecule has 0 aliphatic heterocycles. The number of benzene rings is 7. The Morgan fingerprint density at radius 1 is 0.271 bits per heavy atom. The Morgan fingerprint density at radius 2 is 0.644 bits per heavy atom. The molecule has 0 aromatic heterocycles. The Labute approximate surface area is 339 Å². The zero-order valence-electron chi connectivity index (χ0n) is 31.4. The maximum atomic E-state index is 12.1. The molecule has 0 fully saturated rings. The molecule has 7 aromatic rings. The van der Waals surface area contributed by atoms with Gasteiger partial charge in [0.15, 0.2) is 28.9 Å². The third kappa shape index (κ3) is 7.36. The summed E-state index contributed by atoms with van der Waals surface area (Å²) in [6, 6.07) is 47.9. The van der Waals surface area contributed by atoms with Crippen molar-refractivity contribution in [3.05, 3.63) is 243 Å². The number of Topliss-reactive ketones (excluding diaryl/α,β-unsaturated/α-hetero) is 1. The molecule has 4 aliphatic rings. The van der Waals surface area contributed by atoms with Crippen molar-refractivity contribution in [1.82, 2.24) is 0 Å². The molecule has 7 heteroatoms. The summed E-state index contributed by atoms with van der Waals surface area (Å²) >= 11 is 0. The first-order chi connectivity index (χ1) is 28.7. The summed E-state index contributed by atoms with van der Waals surface area (Å²) in [5, 5.41) is 2.09. The molecule has 0 amide bonds. The zero-order chi connectivity index (χ0) is 41.0. The second-order valence-corrected chi connectivity index (χ2v) is 14.0. The predicted molar refractivity (Wildman–Crippen MR) is 225 cm³/mol. The summed E-state index contributed by atoms with van der Waals surface area (Å²) in [7, 11) is 0. The van der Waals surface area contributed by atoms with Crippen LogP contribution < -0.4 is 0 Å². The molecule has 0 spiro atoms. The van der Waals surface area contributed by atoms with E-state index in [4.69, 9.17) is 0 Å². The standard InChI is InChI=1S/2C14H8O2.C14H10O.C10H6O2/c15-13-9-5-1-2-6-10(9)14(16)12-8-4-3-7-11(12)13;15-13-8-7-11-10-4-2-1-3-9(10)5-6-12(11)14(13)16;15-14-12-7-3-1-5-10(12)9-11-6-2-4-8-13(11)14;11-9-5-6-10(12)8-4-2-1-3-7(8)9/h2*1-8H;1-8H,9H2;1-6H. The van der Waals surface area contributed by atoms with Crippen LogP contribution in [0.4, 0.5) is 0 Å². The van der Waals surface area contributed by atoms with E-state index in [0.29, 0.717) is 38.9 Å². The van der Waals surface area contributed by atoms with Crippen LogP contribution in [0.1, 0.15) is 95.5 Å². The van der Waals surface area contributed by atoms with Gasteiger partial charge in [-0.3, -0.25) is 33.6 Å². The van der Waals surface area contributed by atoms with Gasteiger partial charge >= 0.3 is 0 Å². The third-order valence-electron chi connectivity index (χ3n) is 10.4. The highest BCUT2D eigenvalue weighted by atomic mass is 16.2. The van der Waals surface area contributed by atoms with Gasteiger partial charge in [0.05, 0.1) is 0 Å². The molecular weight excluding hydrogens is 737 g/mol. The Bertz CT molecular complexity index is 2810. The van der Waals surface area contributed by atoms with Gasteiger partial charge in [-0.1, -0.05) is 152 Å². The largest absolute Gasteiger partial charge is 0.289 e. The molecule has 282 valence electrons. The zero-order valence-corrected chi connectivity index (χ0v) is 31.4. The van der Waals surface area contributed by atoms with E-state index in [-0.39, 0.29) is 28.9 Å². The van der Waals surface area contributed by atoms with Crippen LogP contribution in [-0.4, -0.2) is 40.5 Å². The number of carbonyl (C=O) groups is 7. The van der Waals surface area contributed by atoms with Gasteiger partial charge in [0, 0.05) is 50.1 Å². The van der Waals surface area contributed by atoms with Gasteiger partial charge in [-0.25, -0.2) is 0 Å². The Hall–Kier alpha value is -8.03. The molecule has 7 aromatic carbocycles. The van der Waals surface area contributed by atoms with Crippen LogP contribution in [0, 0.1) is 0 Å². The molecule has 0 saturated carbocycles. The highest BCUT2D eigenvalue weighted by Crippen LogP contribution is 2.29. The molecule has 0 bridgehead atoms. The Kier molecular flexibility index (Phi) is 10.4. The number of hydrogen-bond donors (Lipinski definition) is 0. The highest BCUT2D eigenvalue weighted by molar-refractivity contribution is 6.50. The van der Waals surface area contributed by atoms with Crippen molar-refractivity contribution in [2.45, 2.75) is 6.42 Å². The van der Waals surface area contributed by atoms with Crippen LogP contribution in [0.15, 0.2) is 176 Å². The lowest BCUT2D eigenvalue weighted by molar-refractivity contribution is -0.110. The minimum absolute atomic E-state index is 0.0641. The predicted octanol–water partition coefficient (Wildman–Crippen LogP) is 9.52. The molecule has 0 radical (unpaired) electrons. The van der Waals surface area contributed by atoms with E-state index in [1.807, 2.05) is 78.9 Å². The molecule has 0 unspecified atom stereocenters. The molecule has 0 atom stereocenters. The van der Waals surface area contributed by atoms with Crippen molar-refractivity contribution in [3.63, 3.8) is 0 Å². The number of ketones is 7. The topological polar surface area (TPSA) is 119 Å². The second kappa shape index (κ2) is 16.2. The minimum Gasteiger partial charge on any atom is -0.289 e. The van der Waals surface area contributed by atoms with E-state index in [0.717, 1.165) is 45.0 Å². The van der Waals surface area contributed by atoms with Gasteiger partial charge in [0.1, 0.15) is 0 Å². The van der Waals surface area contributed by atoms with Crippen molar-refractivity contribution in [2.75, 3.05) is 0 Å². The van der Waals surface area contributed by atoms with Crippen molar-refractivity contribution >= 4 is 57.3 Å². The van der Waals surface area contributed by atoms with Gasteiger partial charge in [-0.2, -0.15) is 0 Å². The first kappa shape index (κ1) is 37.9. The van der Waals surface area contributed by atoms with Crippen LogP contribution in [0.25, 0.3) is 16.8 Å². The first-order valence-electron chi connectivity index (χ1n) is 18.8. The summed E-state index contributed by atoms with van der Waals surface area (Å²) in [5.74, 6) is -1.01. The van der Waals surface area contributed by atoms with E-state index < -0.39 is 11.6 Å². The van der Waals surface area contributed by atoms with Crippen molar-refractivity contribution < 1.29 is 33.6 Å². The summed E-state index contributed by atoms with van der Waals surface area (Å²) in [4.78, 5) is 81.6. The maximum Gasteiger partial charge on any atom is 0.233 e. The lowest BCUT2D eigenvalue weighted by atomic mass is 9.84. The van der Waals surface area contributed by atoms with E-state index in [9.17, 15) is 33.6 Å². The second-order valence-electron chi connectivity index (χ2n) is 14.0.